The number of nitrogens with two attached hydrogens (primary N) is 1. The van der Waals surface area contributed by atoms with Crippen LogP contribution in [0.1, 0.15) is 0 Å². The average molecular weight is 122 g/mol. The second-order valence-corrected chi connectivity index (χ2v) is 1.86. The molecule has 2 nitrogen and oxygen atoms in total. The molecule has 9 heavy (non-hydrogen) atoms. The lowest BCUT2D eigenvalue weighted by atomic mass is 10.2. The molecular formula is C7H10N2. The fraction of sp³-hybridized carbons (Fsp3) is 0.286. The minimum Gasteiger partial charge on any atom is -0.326 e. The summed E-state index contributed by atoms with van der Waals surface area (Å²) >= 11 is 0. The SMILES string of the molecule is NCC1=CC=NCC=C1. The second kappa shape index (κ2) is 3.20. The average Bonchev–Trinajstić information content (AvgIpc) is 2.13. The first-order chi connectivity index (χ1) is 4.43. The van der Waals surface area contributed by atoms with Crippen molar-refractivity contribution in [3.05, 3.63) is 23.8 Å². The predicted molar refractivity (Wildman–Crippen MR) is 39.6 cm³/mol. The summed E-state index contributed by atoms with van der Waals surface area (Å²) in [6.45, 7) is 1.38. The van der Waals surface area contributed by atoms with Gasteiger partial charge in [-0.15, -0.1) is 0 Å². The Bertz CT molecular complexity index is 166. The molecule has 0 saturated heterocycles. The molecule has 0 amide bonds. The number of hydrogen-bond donors (Lipinski definition) is 1. The van der Waals surface area contributed by atoms with Crippen LogP contribution in [0.3, 0.4) is 0 Å². The lowest BCUT2D eigenvalue weighted by Crippen LogP contribution is -2.00. The molecule has 0 aromatic carbocycles. The third-order valence-electron chi connectivity index (χ3n) is 1.17. The van der Waals surface area contributed by atoms with Gasteiger partial charge in [-0.1, -0.05) is 12.2 Å². The summed E-state index contributed by atoms with van der Waals surface area (Å²) in [5, 5.41) is 0. The van der Waals surface area contributed by atoms with Gasteiger partial charge in [0.25, 0.3) is 0 Å². The Kier molecular flexibility index (Phi) is 2.22. The van der Waals surface area contributed by atoms with E-state index in [0.29, 0.717) is 6.54 Å². The largest absolute Gasteiger partial charge is 0.326 e. The highest BCUT2D eigenvalue weighted by Gasteiger charge is 1.86. The summed E-state index contributed by atoms with van der Waals surface area (Å²) < 4.78 is 0. The summed E-state index contributed by atoms with van der Waals surface area (Å²) in [5.74, 6) is 0. The van der Waals surface area contributed by atoms with Crippen LogP contribution in [0.2, 0.25) is 0 Å². The van der Waals surface area contributed by atoms with Gasteiger partial charge in [0, 0.05) is 12.8 Å². The Morgan fingerprint density at radius 2 is 2.56 bits per heavy atom. The van der Waals surface area contributed by atoms with Crippen LogP contribution >= 0.6 is 0 Å². The first-order valence-corrected chi connectivity index (χ1v) is 2.99. The molecule has 2 heteroatoms. The van der Waals surface area contributed by atoms with Gasteiger partial charge in [-0.25, -0.2) is 0 Å². The molecule has 0 aliphatic carbocycles. The van der Waals surface area contributed by atoms with E-state index in [9.17, 15) is 0 Å². The molecule has 0 fully saturated rings. The first-order valence-electron chi connectivity index (χ1n) is 2.99. The fourth-order valence-electron chi connectivity index (χ4n) is 0.666. The van der Waals surface area contributed by atoms with Crippen LogP contribution in [-0.4, -0.2) is 19.3 Å². The van der Waals surface area contributed by atoms with Gasteiger partial charge >= 0.3 is 0 Å². The van der Waals surface area contributed by atoms with E-state index in [1.807, 2.05) is 18.2 Å². The standard InChI is InChI=1S/C7H10N2/c8-6-7-2-1-4-9-5-3-7/h1-3,5H,4,6,8H2. The van der Waals surface area contributed by atoms with Gasteiger partial charge in [-0.2, -0.15) is 0 Å². The molecule has 0 saturated carbocycles. The van der Waals surface area contributed by atoms with Crippen LogP contribution in [-0.2, 0) is 0 Å². The molecule has 1 heterocycles. The van der Waals surface area contributed by atoms with E-state index in [1.165, 1.54) is 0 Å². The fourth-order valence-corrected chi connectivity index (χ4v) is 0.666. The maximum absolute atomic E-state index is 5.39. The van der Waals surface area contributed by atoms with Crippen molar-refractivity contribution in [2.45, 2.75) is 0 Å². The molecule has 0 aromatic rings. The molecule has 2 N–H and O–H groups in total. The Balaban J connectivity index is 2.67. The van der Waals surface area contributed by atoms with E-state index >= 15 is 0 Å². The van der Waals surface area contributed by atoms with Gasteiger partial charge in [0.05, 0.1) is 6.54 Å². The molecule has 1 rings (SSSR count). The van der Waals surface area contributed by atoms with E-state index in [2.05, 4.69) is 4.99 Å². The van der Waals surface area contributed by atoms with Crippen molar-refractivity contribution in [1.29, 1.82) is 0 Å². The third-order valence-corrected chi connectivity index (χ3v) is 1.17. The Morgan fingerprint density at radius 3 is 3.33 bits per heavy atom. The highest BCUT2D eigenvalue weighted by atomic mass is 14.7. The molecule has 0 atom stereocenters. The molecular weight excluding hydrogens is 112 g/mol. The second-order valence-electron chi connectivity index (χ2n) is 1.86. The minimum atomic E-state index is 0.600. The molecule has 48 valence electrons. The van der Waals surface area contributed by atoms with Crippen LogP contribution in [0.25, 0.3) is 0 Å². The van der Waals surface area contributed by atoms with Gasteiger partial charge < -0.3 is 5.73 Å². The van der Waals surface area contributed by atoms with Crippen LogP contribution in [0, 0.1) is 0 Å². The number of hydrogen-bond acceptors (Lipinski definition) is 2. The molecule has 1 aliphatic heterocycles. The topological polar surface area (TPSA) is 38.4 Å². The number of nitrogens with zero attached hydrogens (tertiary/aromatic N) is 1. The van der Waals surface area contributed by atoms with Crippen molar-refractivity contribution in [1.82, 2.24) is 0 Å². The molecule has 0 radical (unpaired) electrons. The van der Waals surface area contributed by atoms with Crippen LogP contribution in [0.5, 0.6) is 0 Å². The summed E-state index contributed by atoms with van der Waals surface area (Å²) in [6.07, 6.45) is 7.74. The van der Waals surface area contributed by atoms with Gasteiger partial charge in [0.2, 0.25) is 0 Å². The molecule has 0 aromatic heterocycles. The third kappa shape index (κ3) is 1.82. The maximum Gasteiger partial charge on any atom is 0.0573 e. The van der Waals surface area contributed by atoms with Crippen molar-refractivity contribution in [3.8, 4) is 0 Å². The quantitative estimate of drug-likeness (QED) is 0.540. The lowest BCUT2D eigenvalue weighted by Gasteiger charge is -1.89. The monoisotopic (exact) mass is 122 g/mol. The molecule has 0 bridgehead atoms. The van der Waals surface area contributed by atoms with Gasteiger partial charge in [-0.3, -0.25) is 4.99 Å². The maximum atomic E-state index is 5.39. The summed E-state index contributed by atoms with van der Waals surface area (Å²) in [4.78, 5) is 4.03. The van der Waals surface area contributed by atoms with Gasteiger partial charge in [-0.05, 0) is 11.6 Å². The van der Waals surface area contributed by atoms with E-state index < -0.39 is 0 Å². The van der Waals surface area contributed by atoms with Crippen LogP contribution < -0.4 is 5.73 Å². The normalized spacial score (nSPS) is 17.2. The molecule has 0 unspecified atom stereocenters. The highest BCUT2D eigenvalue weighted by molar-refractivity contribution is 5.73. The van der Waals surface area contributed by atoms with Gasteiger partial charge in [0.1, 0.15) is 0 Å². The Morgan fingerprint density at radius 1 is 1.67 bits per heavy atom. The zero-order chi connectivity index (χ0) is 6.53. The van der Waals surface area contributed by atoms with Crippen molar-refractivity contribution >= 4 is 6.21 Å². The van der Waals surface area contributed by atoms with E-state index in [4.69, 9.17) is 5.73 Å². The smallest absolute Gasteiger partial charge is 0.0573 e. The number of aliphatic imine (C=N–C) groups is 1. The van der Waals surface area contributed by atoms with Crippen molar-refractivity contribution in [2.75, 3.05) is 13.1 Å². The van der Waals surface area contributed by atoms with Crippen molar-refractivity contribution in [2.24, 2.45) is 10.7 Å². The van der Waals surface area contributed by atoms with E-state index in [0.717, 1.165) is 12.1 Å². The minimum absolute atomic E-state index is 0.600. The zero-order valence-electron chi connectivity index (χ0n) is 5.25. The Hall–Kier alpha value is -0.890. The highest BCUT2D eigenvalue weighted by Crippen LogP contribution is 1.95. The van der Waals surface area contributed by atoms with Crippen molar-refractivity contribution in [3.63, 3.8) is 0 Å². The Labute approximate surface area is 54.8 Å². The number of allylic oxidation sites excluding steroid dienone is 1. The van der Waals surface area contributed by atoms with Crippen LogP contribution in [0.4, 0.5) is 0 Å². The zero-order valence-corrected chi connectivity index (χ0v) is 5.25. The van der Waals surface area contributed by atoms with Gasteiger partial charge in [0.15, 0.2) is 0 Å². The summed E-state index contributed by atoms with van der Waals surface area (Å²) in [5.41, 5.74) is 6.53. The number of rotatable bonds is 1. The molecule has 0 spiro atoms. The lowest BCUT2D eigenvalue weighted by molar-refractivity contribution is 1.19. The van der Waals surface area contributed by atoms with Crippen LogP contribution in [0.15, 0.2) is 28.8 Å². The molecule has 1 aliphatic rings. The van der Waals surface area contributed by atoms with E-state index in [-0.39, 0.29) is 0 Å². The predicted octanol–water partition coefficient (Wildman–Crippen LogP) is 0.512. The van der Waals surface area contributed by atoms with Crippen molar-refractivity contribution < 1.29 is 0 Å². The van der Waals surface area contributed by atoms with E-state index in [1.54, 1.807) is 6.21 Å². The summed E-state index contributed by atoms with van der Waals surface area (Å²) in [6, 6.07) is 0. The summed E-state index contributed by atoms with van der Waals surface area (Å²) in [7, 11) is 0. The first kappa shape index (κ1) is 6.23.